The maximum atomic E-state index is 13.3. The van der Waals surface area contributed by atoms with Crippen molar-refractivity contribution < 1.29 is 19.4 Å². The molecule has 3 saturated carbocycles. The molecule has 2 heterocycles. The van der Waals surface area contributed by atoms with Crippen LogP contribution in [0, 0.1) is 17.3 Å². The molecule has 2 N–H and O–H groups in total. The number of nitrogens with zero attached hydrogens (tertiary/aromatic N) is 1. The Labute approximate surface area is 165 Å². The first-order valence-electron chi connectivity index (χ1n) is 10.5. The first-order chi connectivity index (χ1) is 13.4. The number of carbonyl (C=O) groups excluding carboxylic acids is 2. The second kappa shape index (κ2) is 6.21. The Balaban J connectivity index is 1.40. The summed E-state index contributed by atoms with van der Waals surface area (Å²) in [5.41, 5.74) is -0.311. The van der Waals surface area contributed by atoms with Crippen molar-refractivity contribution in [2.45, 2.75) is 57.3 Å². The number of nitrogens with one attached hydrogen (secondary N) is 1. The van der Waals surface area contributed by atoms with Gasteiger partial charge in [-0.1, -0.05) is 19.1 Å². The normalized spacial score (nSPS) is 37.4. The molecule has 2 bridgehead atoms. The van der Waals surface area contributed by atoms with Crippen LogP contribution in [0.15, 0.2) is 24.3 Å². The molecule has 6 rings (SSSR count). The third-order valence-electron chi connectivity index (χ3n) is 7.57. The van der Waals surface area contributed by atoms with Crippen LogP contribution in [0.5, 0.6) is 5.75 Å². The van der Waals surface area contributed by atoms with E-state index < -0.39 is 5.72 Å². The average Bonchev–Trinajstić information content (AvgIpc) is 2.67. The number of fused-ring (bicyclic) bond motifs is 3. The quantitative estimate of drug-likeness (QED) is 0.779. The summed E-state index contributed by atoms with van der Waals surface area (Å²) >= 11 is 0. The van der Waals surface area contributed by atoms with Gasteiger partial charge in [0, 0.05) is 31.3 Å². The van der Waals surface area contributed by atoms with Crippen molar-refractivity contribution in [2.75, 3.05) is 13.1 Å². The monoisotopic (exact) mass is 384 g/mol. The number of rotatable bonds is 1. The lowest BCUT2D eigenvalue weighted by Crippen LogP contribution is -2.69. The smallest absolute Gasteiger partial charge is 0.258 e. The lowest BCUT2D eigenvalue weighted by Gasteiger charge is -2.60. The van der Waals surface area contributed by atoms with Gasteiger partial charge in [0.15, 0.2) is 5.72 Å². The van der Waals surface area contributed by atoms with E-state index in [0.29, 0.717) is 43.7 Å². The molecular weight excluding hydrogens is 356 g/mol. The van der Waals surface area contributed by atoms with Crippen LogP contribution in [0.2, 0.25) is 0 Å². The zero-order valence-corrected chi connectivity index (χ0v) is 16.3. The fourth-order valence-electron chi connectivity index (χ4n) is 5.94. The van der Waals surface area contributed by atoms with E-state index in [1.54, 1.807) is 6.07 Å². The van der Waals surface area contributed by atoms with Crippen LogP contribution in [0.1, 0.15) is 55.8 Å². The number of hydrogen-bond donors (Lipinski definition) is 2. The fourth-order valence-corrected chi connectivity index (χ4v) is 5.94. The third-order valence-corrected chi connectivity index (χ3v) is 7.57. The Hall–Kier alpha value is -2.08. The Bertz CT molecular complexity index is 819. The number of hydrogen-bond acceptors (Lipinski definition) is 4. The summed E-state index contributed by atoms with van der Waals surface area (Å²) in [5.74, 6) is 0.887. The molecule has 4 unspecified atom stereocenters. The highest BCUT2D eigenvalue weighted by molar-refractivity contribution is 5.98. The van der Waals surface area contributed by atoms with Crippen LogP contribution in [-0.4, -0.2) is 46.7 Å². The Morgan fingerprint density at radius 2 is 2.00 bits per heavy atom. The minimum Gasteiger partial charge on any atom is -0.467 e. The maximum Gasteiger partial charge on any atom is 0.258 e. The van der Waals surface area contributed by atoms with E-state index in [1.165, 1.54) is 0 Å². The molecule has 5 aliphatic rings. The summed E-state index contributed by atoms with van der Waals surface area (Å²) in [5, 5.41) is 12.9. The van der Waals surface area contributed by atoms with Crippen molar-refractivity contribution in [3.8, 4) is 5.75 Å². The lowest BCUT2D eigenvalue weighted by molar-refractivity contribution is -0.175. The number of benzene rings is 1. The Morgan fingerprint density at radius 3 is 2.75 bits per heavy atom. The molecule has 1 aromatic carbocycles. The molecule has 4 atom stereocenters. The summed E-state index contributed by atoms with van der Waals surface area (Å²) in [6, 6.07) is 7.39. The number of carbonyl (C=O) groups is 2. The van der Waals surface area contributed by atoms with Gasteiger partial charge in [0.05, 0.1) is 11.7 Å². The van der Waals surface area contributed by atoms with Gasteiger partial charge in [-0.3, -0.25) is 9.59 Å². The molecule has 2 aliphatic heterocycles. The molecule has 150 valence electrons. The maximum absolute atomic E-state index is 13.3. The molecule has 28 heavy (non-hydrogen) atoms. The van der Waals surface area contributed by atoms with Crippen LogP contribution in [0.4, 0.5) is 0 Å². The van der Waals surface area contributed by atoms with E-state index in [-0.39, 0.29) is 35.2 Å². The van der Waals surface area contributed by atoms with Crippen molar-refractivity contribution in [3.05, 3.63) is 29.8 Å². The standard InChI is InChI=1S/C22H28N2O4/c1-21-9-6-14(12-17(21)20(27)24-10-7-15(25)8-11-24)22(13-21)23-19(26)16-4-2-3-5-18(16)28-22/h2-5,14-15,17,25H,6-13H2,1H3,(H,23,26). The Morgan fingerprint density at radius 1 is 1.25 bits per heavy atom. The number of piperidine rings is 1. The fraction of sp³-hybridized carbons (Fsp3) is 0.636. The highest BCUT2D eigenvalue weighted by Crippen LogP contribution is 2.59. The molecular formula is C22H28N2O4. The zero-order valence-electron chi connectivity index (χ0n) is 16.3. The van der Waals surface area contributed by atoms with Gasteiger partial charge in [0.2, 0.25) is 5.91 Å². The van der Waals surface area contributed by atoms with E-state index >= 15 is 0 Å². The third kappa shape index (κ3) is 2.65. The van der Waals surface area contributed by atoms with Crippen molar-refractivity contribution >= 4 is 11.8 Å². The molecule has 0 aromatic heterocycles. The van der Waals surface area contributed by atoms with Crippen molar-refractivity contribution in [1.82, 2.24) is 10.2 Å². The van der Waals surface area contributed by atoms with Gasteiger partial charge >= 0.3 is 0 Å². The number of amides is 2. The van der Waals surface area contributed by atoms with Crippen LogP contribution in [0.3, 0.4) is 0 Å². The van der Waals surface area contributed by atoms with Crippen molar-refractivity contribution in [3.63, 3.8) is 0 Å². The van der Waals surface area contributed by atoms with Crippen LogP contribution < -0.4 is 10.1 Å². The van der Waals surface area contributed by atoms with Gasteiger partial charge < -0.3 is 20.1 Å². The number of aliphatic hydroxyl groups excluding tert-OH is 1. The molecule has 1 aromatic rings. The predicted octanol–water partition coefficient (Wildman–Crippen LogP) is 2.31. The second-order valence-electron chi connectivity index (χ2n) is 9.35. The molecule has 0 radical (unpaired) electrons. The predicted molar refractivity (Wildman–Crippen MR) is 103 cm³/mol. The number of aliphatic hydroxyl groups is 1. The van der Waals surface area contributed by atoms with Crippen LogP contribution >= 0.6 is 0 Å². The van der Waals surface area contributed by atoms with Gasteiger partial charge in [0.25, 0.3) is 5.91 Å². The summed E-state index contributed by atoms with van der Waals surface area (Å²) in [6.07, 6.45) is 4.40. The SMILES string of the molecule is CC12CCC(CC1C(=O)N1CCC(O)CC1)C1(C2)NC(=O)c2ccccc2O1. The van der Waals surface area contributed by atoms with E-state index in [9.17, 15) is 14.7 Å². The summed E-state index contributed by atoms with van der Waals surface area (Å²) in [4.78, 5) is 28.0. The highest BCUT2D eigenvalue weighted by Gasteiger charge is 2.62. The van der Waals surface area contributed by atoms with Gasteiger partial charge in [0.1, 0.15) is 5.75 Å². The van der Waals surface area contributed by atoms with E-state index in [2.05, 4.69) is 12.2 Å². The largest absolute Gasteiger partial charge is 0.467 e. The molecule has 3 aliphatic carbocycles. The van der Waals surface area contributed by atoms with Crippen LogP contribution in [-0.2, 0) is 4.79 Å². The number of ether oxygens (including phenoxy) is 1. The van der Waals surface area contributed by atoms with E-state index in [4.69, 9.17) is 4.74 Å². The minimum atomic E-state index is -0.701. The van der Waals surface area contributed by atoms with Crippen LogP contribution in [0.25, 0.3) is 0 Å². The molecule has 6 nitrogen and oxygen atoms in total. The zero-order chi connectivity index (χ0) is 19.5. The highest BCUT2D eigenvalue weighted by atomic mass is 16.5. The molecule has 1 spiro atoms. The summed E-state index contributed by atoms with van der Waals surface area (Å²) < 4.78 is 6.43. The lowest BCUT2D eigenvalue weighted by atomic mass is 9.52. The van der Waals surface area contributed by atoms with E-state index in [0.717, 1.165) is 19.3 Å². The summed E-state index contributed by atoms with van der Waals surface area (Å²) in [7, 11) is 0. The topological polar surface area (TPSA) is 78.9 Å². The molecule has 4 fully saturated rings. The second-order valence-corrected chi connectivity index (χ2v) is 9.35. The average molecular weight is 384 g/mol. The van der Waals surface area contributed by atoms with Gasteiger partial charge in [-0.25, -0.2) is 0 Å². The molecule has 2 amide bonds. The van der Waals surface area contributed by atoms with E-state index in [1.807, 2.05) is 23.1 Å². The van der Waals surface area contributed by atoms with Crippen molar-refractivity contribution in [1.29, 1.82) is 0 Å². The van der Waals surface area contributed by atoms with Gasteiger partial charge in [-0.2, -0.15) is 0 Å². The molecule has 1 saturated heterocycles. The summed E-state index contributed by atoms with van der Waals surface area (Å²) in [6.45, 7) is 3.47. The minimum absolute atomic E-state index is 0.0372. The Kier molecular flexibility index (Phi) is 3.99. The van der Waals surface area contributed by atoms with Gasteiger partial charge in [-0.15, -0.1) is 0 Å². The van der Waals surface area contributed by atoms with Gasteiger partial charge in [-0.05, 0) is 49.7 Å². The first-order valence-corrected chi connectivity index (χ1v) is 10.5. The number of likely N-dealkylation sites (tertiary alicyclic amines) is 1. The van der Waals surface area contributed by atoms with Crippen molar-refractivity contribution in [2.24, 2.45) is 17.3 Å². The first kappa shape index (κ1) is 18.0. The molecule has 6 heteroatoms. The number of para-hydroxylation sites is 1.